The molecule has 0 spiro atoms. The summed E-state index contributed by atoms with van der Waals surface area (Å²) in [7, 11) is 0. The number of ether oxygens (including phenoxy) is 6. The molecule has 6 atom stereocenters. The summed E-state index contributed by atoms with van der Waals surface area (Å²) in [5.41, 5.74) is 4.13. The van der Waals surface area contributed by atoms with Crippen LogP contribution in [0.25, 0.3) is 0 Å². The molecule has 2 heterocycles. The molecule has 2 saturated heterocycles. The average Bonchev–Trinajstić information content (AvgIpc) is 3.03. The van der Waals surface area contributed by atoms with Crippen molar-refractivity contribution in [3.05, 3.63) is 144 Å². The van der Waals surface area contributed by atoms with E-state index < -0.39 is 30.9 Å². The van der Waals surface area contributed by atoms with Crippen LogP contribution in [0.2, 0.25) is 0 Å². The molecular weight excluding hydrogens is 504 g/mol. The fourth-order valence-corrected chi connectivity index (χ4v) is 5.11. The first-order valence-electron chi connectivity index (χ1n) is 13.8. The van der Waals surface area contributed by atoms with Crippen LogP contribution in [0.5, 0.6) is 0 Å². The van der Waals surface area contributed by atoms with Gasteiger partial charge in [-0.05, 0) is 16.7 Å². The van der Waals surface area contributed by atoms with E-state index in [0.29, 0.717) is 26.4 Å². The summed E-state index contributed by atoms with van der Waals surface area (Å²) in [5.74, 6) is 0. The second kappa shape index (κ2) is 13.3. The molecule has 6 heteroatoms. The van der Waals surface area contributed by atoms with Gasteiger partial charge < -0.3 is 28.4 Å². The van der Waals surface area contributed by atoms with Crippen molar-refractivity contribution < 1.29 is 28.4 Å². The number of fused-ring (bicyclic) bond motifs is 1. The van der Waals surface area contributed by atoms with E-state index in [1.807, 2.05) is 109 Å². The van der Waals surface area contributed by atoms with Crippen LogP contribution >= 0.6 is 0 Å². The fourth-order valence-electron chi connectivity index (χ4n) is 5.11. The molecule has 0 aromatic heterocycles. The van der Waals surface area contributed by atoms with Crippen LogP contribution in [0, 0.1) is 0 Å². The van der Waals surface area contributed by atoms with Gasteiger partial charge in [0.05, 0.1) is 26.4 Å². The van der Waals surface area contributed by atoms with Gasteiger partial charge in [0, 0.05) is 5.56 Å². The van der Waals surface area contributed by atoms with Gasteiger partial charge >= 0.3 is 0 Å². The minimum atomic E-state index is -0.675. The van der Waals surface area contributed by atoms with Crippen molar-refractivity contribution in [2.75, 3.05) is 6.61 Å². The van der Waals surface area contributed by atoms with Gasteiger partial charge in [-0.2, -0.15) is 0 Å². The third kappa shape index (κ3) is 6.67. The topological polar surface area (TPSA) is 55.4 Å². The molecular formula is C34H34O6. The molecule has 0 radical (unpaired) electrons. The Morgan fingerprint density at radius 2 is 1.00 bits per heavy atom. The van der Waals surface area contributed by atoms with Crippen LogP contribution in [-0.4, -0.2) is 37.3 Å². The van der Waals surface area contributed by atoms with Crippen molar-refractivity contribution in [1.82, 2.24) is 0 Å². The molecule has 0 N–H and O–H groups in total. The molecule has 4 aromatic rings. The maximum absolute atomic E-state index is 6.64. The van der Waals surface area contributed by atoms with Gasteiger partial charge in [0.1, 0.15) is 24.4 Å². The highest BCUT2D eigenvalue weighted by atomic mass is 16.8. The molecule has 0 saturated carbocycles. The van der Waals surface area contributed by atoms with Crippen molar-refractivity contribution in [2.45, 2.75) is 56.8 Å². The van der Waals surface area contributed by atoms with Crippen LogP contribution < -0.4 is 0 Å². The molecule has 0 unspecified atom stereocenters. The van der Waals surface area contributed by atoms with Crippen LogP contribution in [0.3, 0.4) is 0 Å². The summed E-state index contributed by atoms with van der Waals surface area (Å²) in [6.07, 6.45) is -2.99. The number of hydrogen-bond donors (Lipinski definition) is 0. The predicted molar refractivity (Wildman–Crippen MR) is 150 cm³/mol. The number of benzene rings is 4. The first-order chi connectivity index (χ1) is 19.8. The zero-order valence-corrected chi connectivity index (χ0v) is 22.3. The van der Waals surface area contributed by atoms with Gasteiger partial charge in [-0.3, -0.25) is 0 Å². The summed E-state index contributed by atoms with van der Waals surface area (Å²) in [5, 5.41) is 0. The van der Waals surface area contributed by atoms with Gasteiger partial charge in [-0.1, -0.05) is 121 Å². The van der Waals surface area contributed by atoms with E-state index in [2.05, 4.69) is 12.1 Å². The van der Waals surface area contributed by atoms with Crippen LogP contribution in [0.1, 0.15) is 28.5 Å². The lowest BCUT2D eigenvalue weighted by Crippen LogP contribution is -2.63. The lowest BCUT2D eigenvalue weighted by atomic mass is 9.97. The Bertz CT molecular complexity index is 1290. The normalized spacial score (nSPS) is 26.2. The zero-order valence-electron chi connectivity index (χ0n) is 22.3. The van der Waals surface area contributed by atoms with E-state index in [-0.39, 0.29) is 6.10 Å². The van der Waals surface area contributed by atoms with Crippen LogP contribution in [0.4, 0.5) is 0 Å². The fraction of sp³-hybridized carbons (Fsp3) is 0.294. The molecule has 4 aromatic carbocycles. The lowest BCUT2D eigenvalue weighted by Gasteiger charge is -2.49. The molecule has 6 nitrogen and oxygen atoms in total. The van der Waals surface area contributed by atoms with Gasteiger partial charge in [-0.15, -0.1) is 0 Å². The van der Waals surface area contributed by atoms with E-state index in [9.17, 15) is 0 Å². The van der Waals surface area contributed by atoms with Crippen molar-refractivity contribution in [3.63, 3.8) is 0 Å². The SMILES string of the molecule is c1ccc(CO[C@@H]2O[C@H]3CO[C@@H](c4ccccc4)O[C@H]3[C@H](OCc3ccccc3)[C@H]2OCc2ccccc2)cc1. The van der Waals surface area contributed by atoms with E-state index >= 15 is 0 Å². The number of hydrogen-bond acceptors (Lipinski definition) is 6. The molecule has 2 fully saturated rings. The summed E-state index contributed by atoms with van der Waals surface area (Å²) in [6.45, 7) is 1.53. The molecule has 2 aliphatic heterocycles. The Kier molecular flexibility index (Phi) is 8.95. The number of rotatable bonds is 10. The molecule has 6 rings (SSSR count). The highest BCUT2D eigenvalue weighted by Crippen LogP contribution is 2.37. The molecule has 206 valence electrons. The van der Waals surface area contributed by atoms with Crippen LogP contribution in [-0.2, 0) is 48.2 Å². The van der Waals surface area contributed by atoms with Crippen molar-refractivity contribution in [3.8, 4) is 0 Å². The predicted octanol–water partition coefficient (Wildman–Crippen LogP) is 6.21. The second-order valence-corrected chi connectivity index (χ2v) is 10.0. The molecule has 40 heavy (non-hydrogen) atoms. The molecule has 2 aliphatic rings. The van der Waals surface area contributed by atoms with Gasteiger partial charge in [-0.25, -0.2) is 0 Å². The Morgan fingerprint density at radius 1 is 0.525 bits per heavy atom. The summed E-state index contributed by atoms with van der Waals surface area (Å²) >= 11 is 0. The first kappa shape index (κ1) is 26.8. The monoisotopic (exact) mass is 538 g/mol. The van der Waals surface area contributed by atoms with E-state index in [1.54, 1.807) is 0 Å². The molecule has 0 aliphatic carbocycles. The Hall–Kier alpha value is -3.36. The van der Waals surface area contributed by atoms with Crippen molar-refractivity contribution >= 4 is 0 Å². The van der Waals surface area contributed by atoms with Gasteiger partial charge in [0.15, 0.2) is 12.6 Å². The summed E-state index contributed by atoms with van der Waals surface area (Å²) in [4.78, 5) is 0. The third-order valence-electron chi connectivity index (χ3n) is 7.18. The molecule has 0 bridgehead atoms. The summed E-state index contributed by atoms with van der Waals surface area (Å²) < 4.78 is 38.8. The van der Waals surface area contributed by atoms with E-state index in [0.717, 1.165) is 22.3 Å². The summed E-state index contributed by atoms with van der Waals surface area (Å²) in [6, 6.07) is 40.2. The highest BCUT2D eigenvalue weighted by Gasteiger charge is 2.51. The minimum absolute atomic E-state index is 0.353. The largest absolute Gasteiger partial charge is 0.368 e. The molecule has 0 amide bonds. The highest BCUT2D eigenvalue weighted by molar-refractivity contribution is 5.18. The van der Waals surface area contributed by atoms with Crippen molar-refractivity contribution in [1.29, 1.82) is 0 Å². The maximum atomic E-state index is 6.64. The van der Waals surface area contributed by atoms with E-state index in [1.165, 1.54) is 0 Å². The van der Waals surface area contributed by atoms with E-state index in [4.69, 9.17) is 28.4 Å². The quantitative estimate of drug-likeness (QED) is 0.239. The first-order valence-corrected chi connectivity index (χ1v) is 13.8. The maximum Gasteiger partial charge on any atom is 0.187 e. The van der Waals surface area contributed by atoms with Gasteiger partial charge in [0.2, 0.25) is 0 Å². The smallest absolute Gasteiger partial charge is 0.187 e. The van der Waals surface area contributed by atoms with Crippen LogP contribution in [0.15, 0.2) is 121 Å². The lowest BCUT2D eigenvalue weighted by molar-refractivity contribution is -0.374. The second-order valence-electron chi connectivity index (χ2n) is 10.0. The average molecular weight is 539 g/mol. The zero-order chi connectivity index (χ0) is 27.0. The Labute approximate surface area is 235 Å². The standard InChI is InChI=1S/C34H34O6/c1-5-13-25(14-6-1)21-35-31-30-29(24-38-33(40-30)28-19-11-4-12-20-28)39-34(37-23-27-17-9-3-10-18-27)32(31)36-22-26-15-7-2-8-16-26/h1-20,29-34H,21-24H2/t29-,30+,31-,32+,33+,34+/m0/s1. The van der Waals surface area contributed by atoms with Gasteiger partial charge in [0.25, 0.3) is 0 Å². The minimum Gasteiger partial charge on any atom is -0.368 e. The van der Waals surface area contributed by atoms with Crippen molar-refractivity contribution in [2.24, 2.45) is 0 Å². The Balaban J connectivity index is 1.27. The third-order valence-corrected chi connectivity index (χ3v) is 7.18. The Morgan fingerprint density at radius 3 is 1.55 bits per heavy atom.